The molecule has 2 heterocycles. The first-order valence-corrected chi connectivity index (χ1v) is 8.76. The molecule has 3 rings (SSSR count). The average molecular weight is 398 g/mol. The number of allylic oxidation sites excluding steroid dienone is 1. The molecular formula is C18H14N4O5S. The molecule has 0 aliphatic carbocycles. The van der Waals surface area contributed by atoms with Crippen molar-refractivity contribution in [2.75, 3.05) is 7.11 Å². The average Bonchev–Trinajstić information content (AvgIpc) is 2.94. The van der Waals surface area contributed by atoms with E-state index >= 15 is 0 Å². The number of nitrogens with one attached hydrogen (secondary N) is 1. The SMILES string of the molecule is COc1cc(/C=C(\C#N)c2nc3sc(C)c(C)c3c(=O)[nH]2)cc([N+](=O)[O-])c1O. The third kappa shape index (κ3) is 3.19. The molecule has 2 N–H and O–H groups in total. The Morgan fingerprint density at radius 3 is 2.79 bits per heavy atom. The number of nitrogens with zero attached hydrogens (tertiary/aromatic N) is 3. The number of nitriles is 1. The first-order valence-electron chi connectivity index (χ1n) is 7.94. The number of hydrogen-bond acceptors (Lipinski definition) is 8. The first kappa shape index (κ1) is 19.1. The van der Waals surface area contributed by atoms with E-state index in [0.29, 0.717) is 10.2 Å². The highest BCUT2D eigenvalue weighted by atomic mass is 32.1. The summed E-state index contributed by atoms with van der Waals surface area (Å²) in [6, 6.07) is 4.39. The zero-order chi connectivity index (χ0) is 20.6. The van der Waals surface area contributed by atoms with Crippen LogP contribution in [0.1, 0.15) is 21.8 Å². The number of nitro benzene ring substituents is 1. The van der Waals surface area contributed by atoms with Gasteiger partial charge in [-0.3, -0.25) is 14.9 Å². The number of fused-ring (bicyclic) bond motifs is 1. The molecule has 0 unspecified atom stereocenters. The number of aryl methyl sites for hydroxylation is 2. The number of aromatic nitrogens is 2. The number of nitro groups is 1. The zero-order valence-corrected chi connectivity index (χ0v) is 15.9. The lowest BCUT2D eigenvalue weighted by Gasteiger charge is -2.06. The number of phenols is 1. The maximum absolute atomic E-state index is 12.4. The predicted molar refractivity (Wildman–Crippen MR) is 105 cm³/mol. The normalized spacial score (nSPS) is 11.4. The number of aromatic hydroxyl groups is 1. The third-order valence-corrected chi connectivity index (χ3v) is 5.32. The Labute approximate surface area is 162 Å². The van der Waals surface area contributed by atoms with E-state index in [1.807, 2.05) is 19.9 Å². The van der Waals surface area contributed by atoms with Gasteiger partial charge in [-0.25, -0.2) is 4.98 Å². The minimum absolute atomic E-state index is 0.00440. The highest BCUT2D eigenvalue weighted by Crippen LogP contribution is 2.37. The fraction of sp³-hybridized carbons (Fsp3) is 0.167. The molecule has 0 aliphatic heterocycles. The lowest BCUT2D eigenvalue weighted by Crippen LogP contribution is -2.10. The van der Waals surface area contributed by atoms with Gasteiger partial charge in [0.05, 0.1) is 23.0 Å². The van der Waals surface area contributed by atoms with Gasteiger partial charge in [-0.2, -0.15) is 5.26 Å². The maximum atomic E-state index is 12.4. The van der Waals surface area contributed by atoms with Crippen LogP contribution in [0.15, 0.2) is 16.9 Å². The smallest absolute Gasteiger partial charge is 0.315 e. The van der Waals surface area contributed by atoms with Gasteiger partial charge in [-0.1, -0.05) is 0 Å². The summed E-state index contributed by atoms with van der Waals surface area (Å²) >= 11 is 1.35. The number of hydrogen-bond donors (Lipinski definition) is 2. The fourth-order valence-electron chi connectivity index (χ4n) is 2.69. The molecule has 0 radical (unpaired) electrons. The van der Waals surface area contributed by atoms with Crippen molar-refractivity contribution in [1.29, 1.82) is 5.26 Å². The number of methoxy groups -OCH3 is 1. The van der Waals surface area contributed by atoms with Crippen LogP contribution in [0.4, 0.5) is 5.69 Å². The van der Waals surface area contributed by atoms with Gasteiger partial charge in [0, 0.05) is 10.9 Å². The van der Waals surface area contributed by atoms with Crippen LogP contribution in [0.25, 0.3) is 21.9 Å². The second-order valence-corrected chi connectivity index (χ2v) is 7.10. The third-order valence-electron chi connectivity index (χ3n) is 4.22. The Bertz CT molecular complexity index is 1250. The Kier molecular flexibility index (Phi) is 4.85. The van der Waals surface area contributed by atoms with Crippen LogP contribution in [-0.4, -0.2) is 27.1 Å². The molecule has 0 spiro atoms. The second-order valence-electron chi connectivity index (χ2n) is 5.90. The molecule has 10 heteroatoms. The summed E-state index contributed by atoms with van der Waals surface area (Å²) in [6.07, 6.45) is 1.33. The van der Waals surface area contributed by atoms with Crippen LogP contribution >= 0.6 is 11.3 Å². The molecule has 0 bridgehead atoms. The van der Waals surface area contributed by atoms with Crippen molar-refractivity contribution in [2.45, 2.75) is 13.8 Å². The van der Waals surface area contributed by atoms with E-state index in [0.717, 1.165) is 16.5 Å². The topological polar surface area (TPSA) is 142 Å². The lowest BCUT2D eigenvalue weighted by molar-refractivity contribution is -0.386. The van der Waals surface area contributed by atoms with Crippen molar-refractivity contribution in [3.05, 3.63) is 54.4 Å². The number of thiophene rings is 1. The lowest BCUT2D eigenvalue weighted by atomic mass is 10.1. The van der Waals surface area contributed by atoms with E-state index in [9.17, 15) is 25.3 Å². The van der Waals surface area contributed by atoms with Crippen molar-refractivity contribution in [1.82, 2.24) is 9.97 Å². The Morgan fingerprint density at radius 1 is 1.46 bits per heavy atom. The van der Waals surface area contributed by atoms with Gasteiger partial charge in [0.15, 0.2) is 11.6 Å². The summed E-state index contributed by atoms with van der Waals surface area (Å²) in [5.74, 6) is -0.671. The van der Waals surface area contributed by atoms with Gasteiger partial charge in [0.25, 0.3) is 5.56 Å². The number of H-pyrrole nitrogens is 1. The second kappa shape index (κ2) is 7.13. The van der Waals surface area contributed by atoms with Gasteiger partial charge in [0.2, 0.25) is 5.75 Å². The molecule has 28 heavy (non-hydrogen) atoms. The monoisotopic (exact) mass is 398 g/mol. The minimum atomic E-state index is -0.759. The minimum Gasteiger partial charge on any atom is -0.500 e. The van der Waals surface area contributed by atoms with E-state index in [-0.39, 0.29) is 28.3 Å². The number of phenolic OH excluding ortho intramolecular Hbond substituents is 1. The summed E-state index contributed by atoms with van der Waals surface area (Å²) in [7, 11) is 1.26. The molecule has 3 aromatic rings. The molecule has 0 saturated heterocycles. The molecule has 2 aromatic heterocycles. The van der Waals surface area contributed by atoms with E-state index in [4.69, 9.17) is 4.74 Å². The summed E-state index contributed by atoms with van der Waals surface area (Å²) in [6.45, 7) is 3.71. The van der Waals surface area contributed by atoms with Crippen LogP contribution in [0, 0.1) is 35.3 Å². The quantitative estimate of drug-likeness (QED) is 0.390. The van der Waals surface area contributed by atoms with Crippen molar-refractivity contribution in [3.8, 4) is 17.6 Å². The van der Waals surface area contributed by atoms with Crippen LogP contribution in [0.3, 0.4) is 0 Å². The van der Waals surface area contributed by atoms with Crippen molar-refractivity contribution >= 4 is 38.9 Å². The zero-order valence-electron chi connectivity index (χ0n) is 15.1. The summed E-state index contributed by atoms with van der Waals surface area (Å²) in [4.78, 5) is 31.2. The van der Waals surface area contributed by atoms with Gasteiger partial charge in [0.1, 0.15) is 10.9 Å². The number of benzene rings is 1. The molecule has 9 nitrogen and oxygen atoms in total. The Balaban J connectivity index is 2.20. The number of aromatic amines is 1. The highest BCUT2D eigenvalue weighted by Gasteiger charge is 2.20. The van der Waals surface area contributed by atoms with Crippen LogP contribution in [0.5, 0.6) is 11.5 Å². The number of rotatable bonds is 4. The first-order chi connectivity index (χ1) is 13.3. The number of ether oxygens (including phenoxy) is 1. The Hall–Kier alpha value is -3.71. The molecule has 0 amide bonds. The molecule has 0 fully saturated rings. The molecular weight excluding hydrogens is 384 g/mol. The van der Waals surface area contributed by atoms with Crippen LogP contribution in [-0.2, 0) is 0 Å². The van der Waals surface area contributed by atoms with Crippen molar-refractivity contribution in [2.24, 2.45) is 0 Å². The summed E-state index contributed by atoms with van der Waals surface area (Å²) in [5.41, 5.74) is 0.146. The van der Waals surface area contributed by atoms with Gasteiger partial charge >= 0.3 is 5.69 Å². The maximum Gasteiger partial charge on any atom is 0.315 e. The molecule has 142 valence electrons. The molecule has 1 aromatic carbocycles. The predicted octanol–water partition coefficient (Wildman–Crippen LogP) is 3.29. The van der Waals surface area contributed by atoms with E-state index in [2.05, 4.69) is 9.97 Å². The largest absolute Gasteiger partial charge is 0.500 e. The van der Waals surface area contributed by atoms with Crippen molar-refractivity contribution < 1.29 is 14.8 Å². The highest BCUT2D eigenvalue weighted by molar-refractivity contribution is 7.18. The van der Waals surface area contributed by atoms with Gasteiger partial charge in [-0.15, -0.1) is 11.3 Å². The van der Waals surface area contributed by atoms with E-state index < -0.39 is 16.4 Å². The fourth-order valence-corrected chi connectivity index (χ4v) is 3.72. The Morgan fingerprint density at radius 2 is 2.18 bits per heavy atom. The van der Waals surface area contributed by atoms with Gasteiger partial charge in [-0.05, 0) is 37.1 Å². The molecule has 0 aliphatic rings. The van der Waals surface area contributed by atoms with Crippen LogP contribution < -0.4 is 10.3 Å². The molecule has 0 saturated carbocycles. The standard InChI is InChI=1S/C18H14N4O5S/c1-8-9(2)28-18-14(8)17(24)20-16(21-18)11(7-19)4-10-5-12(22(25)26)15(23)13(6-10)27-3/h4-6,23H,1-3H3,(H,20,21,24)/b11-4+. The van der Waals surface area contributed by atoms with Crippen molar-refractivity contribution in [3.63, 3.8) is 0 Å². The van der Waals surface area contributed by atoms with Gasteiger partial charge < -0.3 is 14.8 Å². The van der Waals surface area contributed by atoms with E-state index in [1.165, 1.54) is 30.6 Å². The van der Waals surface area contributed by atoms with Crippen LogP contribution in [0.2, 0.25) is 0 Å². The summed E-state index contributed by atoms with van der Waals surface area (Å²) < 4.78 is 4.95. The van der Waals surface area contributed by atoms with E-state index in [1.54, 1.807) is 0 Å². The summed E-state index contributed by atoms with van der Waals surface area (Å²) in [5, 5.41) is 31.0. The molecule has 0 atom stereocenters.